The standard InChI is InChI=1S/C43H32N4O/c48-28-40-43(32-19-11-4-12-20-32)39-26-25-38(47-39)42(31-17-9-3-10-18-31)37-24-23-36(46-37)41(30-15-7-2-8-16-30)35-22-21-34(45-35)33(27-44-40)29-13-5-1-6-14-29/h1-28,42,45-47H/b34-33+,41-35-,43-40-,44-27+. The number of benzene rings is 4. The SMILES string of the molecule is O=CC1=C(/c2ccccc2)c2ccc([nH]2)C(c2ccccc2)c2ccc([nH]2)/C(c2ccccc2)=c2/cc/c([nH]2)=C(c2ccccc2)/C=N/1. The highest BCUT2D eigenvalue weighted by molar-refractivity contribution is 6.11. The van der Waals surface area contributed by atoms with Gasteiger partial charge in [-0.05, 0) is 58.7 Å². The first-order chi connectivity index (χ1) is 23.8. The Morgan fingerprint density at radius 2 is 0.979 bits per heavy atom. The lowest BCUT2D eigenvalue weighted by Crippen LogP contribution is -2.17. The number of nitrogens with zero attached hydrogens (tertiary/aromatic N) is 1. The maximum atomic E-state index is 12.9. The largest absolute Gasteiger partial charge is 0.357 e. The molecule has 5 nitrogen and oxygen atoms in total. The number of carbonyl (C=O) groups excluding carboxylic acids is 1. The Morgan fingerprint density at radius 1 is 0.479 bits per heavy atom. The van der Waals surface area contributed by atoms with Crippen LogP contribution in [0.5, 0.6) is 0 Å². The van der Waals surface area contributed by atoms with Gasteiger partial charge in [-0.25, -0.2) is 0 Å². The third-order valence-electron chi connectivity index (χ3n) is 8.87. The van der Waals surface area contributed by atoms with Crippen LogP contribution in [0.2, 0.25) is 0 Å². The van der Waals surface area contributed by atoms with Crippen molar-refractivity contribution in [2.45, 2.75) is 5.92 Å². The van der Waals surface area contributed by atoms with Crippen LogP contribution in [0.15, 0.2) is 168 Å². The highest BCUT2D eigenvalue weighted by atomic mass is 16.1. The number of aromatic amines is 3. The molecule has 1 aliphatic rings. The maximum absolute atomic E-state index is 12.9. The van der Waals surface area contributed by atoms with Crippen molar-refractivity contribution in [2.75, 3.05) is 0 Å². The first-order valence-electron chi connectivity index (χ1n) is 16.0. The molecule has 0 saturated heterocycles. The molecule has 3 aromatic heterocycles. The molecule has 0 radical (unpaired) electrons. The molecule has 1 aliphatic heterocycles. The summed E-state index contributed by atoms with van der Waals surface area (Å²) in [6, 6.07) is 53.7. The second-order valence-electron chi connectivity index (χ2n) is 11.8. The third-order valence-corrected chi connectivity index (χ3v) is 8.87. The Morgan fingerprint density at radius 3 is 1.56 bits per heavy atom. The number of aromatic nitrogens is 3. The van der Waals surface area contributed by atoms with Gasteiger partial charge in [0, 0.05) is 56.4 Å². The molecule has 4 heterocycles. The number of fused-ring (bicyclic) bond motifs is 6. The fourth-order valence-electron chi connectivity index (χ4n) is 6.63. The highest BCUT2D eigenvalue weighted by Gasteiger charge is 2.23. The van der Waals surface area contributed by atoms with Crippen molar-refractivity contribution in [1.82, 2.24) is 15.0 Å². The molecular formula is C43H32N4O. The van der Waals surface area contributed by atoms with E-state index in [-0.39, 0.29) is 5.92 Å². The fraction of sp³-hybridized carbons (Fsp3) is 0.0233. The van der Waals surface area contributed by atoms with Crippen molar-refractivity contribution in [2.24, 2.45) is 4.99 Å². The molecule has 7 aromatic rings. The summed E-state index contributed by atoms with van der Waals surface area (Å²) < 4.78 is 0. The van der Waals surface area contributed by atoms with Crippen molar-refractivity contribution in [3.8, 4) is 0 Å². The molecule has 4 aromatic carbocycles. The first kappa shape index (κ1) is 29.0. The number of aliphatic imine (C=N–C) groups is 1. The van der Waals surface area contributed by atoms with E-state index in [1.807, 2.05) is 60.7 Å². The lowest BCUT2D eigenvalue weighted by atomic mass is 9.93. The van der Waals surface area contributed by atoms with Gasteiger partial charge in [0.25, 0.3) is 0 Å². The predicted molar refractivity (Wildman–Crippen MR) is 193 cm³/mol. The molecule has 0 fully saturated rings. The number of nitrogens with one attached hydrogen (secondary N) is 3. The second-order valence-corrected chi connectivity index (χ2v) is 11.8. The van der Waals surface area contributed by atoms with E-state index in [0.29, 0.717) is 5.70 Å². The summed E-state index contributed by atoms with van der Waals surface area (Å²) in [5.41, 5.74) is 11.0. The number of H-pyrrole nitrogens is 3. The number of rotatable bonds is 5. The minimum Gasteiger partial charge on any atom is -0.357 e. The van der Waals surface area contributed by atoms with Crippen molar-refractivity contribution >= 4 is 29.2 Å². The lowest BCUT2D eigenvalue weighted by molar-refractivity contribution is -0.104. The molecule has 8 rings (SSSR count). The van der Waals surface area contributed by atoms with Gasteiger partial charge in [0.05, 0.1) is 5.92 Å². The number of allylic oxidation sites excluding steroid dienone is 1. The van der Waals surface area contributed by atoms with Crippen LogP contribution in [-0.2, 0) is 4.79 Å². The molecule has 6 bridgehead atoms. The molecular weight excluding hydrogens is 589 g/mol. The molecule has 48 heavy (non-hydrogen) atoms. The van der Waals surface area contributed by atoms with E-state index >= 15 is 0 Å². The van der Waals surface area contributed by atoms with Gasteiger partial charge < -0.3 is 15.0 Å². The number of aldehydes is 1. The van der Waals surface area contributed by atoms with Gasteiger partial charge in [-0.15, -0.1) is 0 Å². The van der Waals surface area contributed by atoms with Gasteiger partial charge in [0.2, 0.25) is 0 Å². The predicted octanol–water partition coefficient (Wildman–Crippen LogP) is 7.34. The molecule has 0 amide bonds. The number of carbonyl (C=O) groups is 1. The molecule has 1 unspecified atom stereocenters. The smallest absolute Gasteiger partial charge is 0.169 e. The van der Waals surface area contributed by atoms with E-state index in [1.165, 1.54) is 0 Å². The van der Waals surface area contributed by atoms with Gasteiger partial charge in [0.15, 0.2) is 6.29 Å². The van der Waals surface area contributed by atoms with Crippen LogP contribution in [0.4, 0.5) is 0 Å². The van der Waals surface area contributed by atoms with Gasteiger partial charge in [-0.2, -0.15) is 0 Å². The Hall–Kier alpha value is -6.46. The van der Waals surface area contributed by atoms with E-state index in [9.17, 15) is 4.79 Å². The zero-order valence-corrected chi connectivity index (χ0v) is 26.1. The van der Waals surface area contributed by atoms with Crippen LogP contribution < -0.4 is 10.7 Å². The summed E-state index contributed by atoms with van der Waals surface area (Å²) in [6.45, 7) is 0. The van der Waals surface area contributed by atoms with E-state index in [2.05, 4.69) is 112 Å². The Balaban J connectivity index is 1.48. The average molecular weight is 621 g/mol. The maximum Gasteiger partial charge on any atom is 0.169 e. The fourth-order valence-corrected chi connectivity index (χ4v) is 6.63. The minimum absolute atomic E-state index is 0.115. The molecule has 230 valence electrons. The summed E-state index contributed by atoms with van der Waals surface area (Å²) in [6.07, 6.45) is 2.65. The molecule has 0 spiro atoms. The molecule has 5 heteroatoms. The van der Waals surface area contributed by atoms with E-state index in [4.69, 9.17) is 4.99 Å². The van der Waals surface area contributed by atoms with Crippen molar-refractivity contribution in [3.05, 3.63) is 219 Å². The molecule has 0 saturated carbocycles. The Kier molecular flexibility index (Phi) is 7.69. The number of hydrogen-bond donors (Lipinski definition) is 3. The van der Waals surface area contributed by atoms with Crippen molar-refractivity contribution < 1.29 is 4.79 Å². The molecule has 1 atom stereocenters. The van der Waals surface area contributed by atoms with Crippen molar-refractivity contribution in [1.29, 1.82) is 0 Å². The van der Waals surface area contributed by atoms with Gasteiger partial charge >= 0.3 is 0 Å². The lowest BCUT2D eigenvalue weighted by Gasteiger charge is -2.16. The zero-order chi connectivity index (χ0) is 32.3. The van der Waals surface area contributed by atoms with Crippen LogP contribution in [0.3, 0.4) is 0 Å². The normalized spacial score (nSPS) is 19.1. The Labute approximate surface area is 278 Å². The van der Waals surface area contributed by atoms with E-state index in [1.54, 1.807) is 6.21 Å². The summed E-state index contributed by atoms with van der Waals surface area (Å²) in [7, 11) is 0. The van der Waals surface area contributed by atoms with Crippen molar-refractivity contribution in [3.63, 3.8) is 0 Å². The third kappa shape index (κ3) is 5.48. The zero-order valence-electron chi connectivity index (χ0n) is 26.1. The van der Waals surface area contributed by atoms with Crippen LogP contribution in [0, 0.1) is 0 Å². The Bertz CT molecular complexity index is 2390. The average Bonchev–Trinajstić information content (AvgIpc) is 3.93. The molecule has 3 N–H and O–H groups in total. The van der Waals surface area contributed by atoms with Crippen LogP contribution in [-0.4, -0.2) is 27.5 Å². The van der Waals surface area contributed by atoms with Gasteiger partial charge in [0.1, 0.15) is 5.70 Å². The molecule has 0 aliphatic carbocycles. The van der Waals surface area contributed by atoms with Gasteiger partial charge in [-0.3, -0.25) is 9.79 Å². The van der Waals surface area contributed by atoms with Crippen LogP contribution >= 0.6 is 0 Å². The topological polar surface area (TPSA) is 76.8 Å². The summed E-state index contributed by atoms with van der Waals surface area (Å²) in [5.74, 6) is -0.115. The quantitative estimate of drug-likeness (QED) is 0.173. The van der Waals surface area contributed by atoms with Crippen LogP contribution in [0.25, 0.3) is 16.7 Å². The van der Waals surface area contributed by atoms with E-state index < -0.39 is 0 Å². The van der Waals surface area contributed by atoms with Gasteiger partial charge in [-0.1, -0.05) is 121 Å². The first-order valence-corrected chi connectivity index (χ1v) is 16.0. The monoisotopic (exact) mass is 620 g/mol. The van der Waals surface area contributed by atoms with E-state index in [0.717, 1.165) is 78.7 Å². The summed E-state index contributed by atoms with van der Waals surface area (Å²) in [5, 5.41) is 1.86. The minimum atomic E-state index is -0.115. The second kappa shape index (κ2) is 12.7. The highest BCUT2D eigenvalue weighted by Crippen LogP contribution is 2.35. The van der Waals surface area contributed by atoms with Crippen LogP contribution in [0.1, 0.15) is 50.9 Å². The summed E-state index contributed by atoms with van der Waals surface area (Å²) >= 11 is 0. The number of hydrogen-bond acceptors (Lipinski definition) is 2. The summed E-state index contributed by atoms with van der Waals surface area (Å²) in [4.78, 5) is 29.1.